The third-order valence-electron chi connectivity index (χ3n) is 6.49. The number of hydrogen-bond acceptors (Lipinski definition) is 6. The number of amides is 1. The zero-order chi connectivity index (χ0) is 22.4. The Morgan fingerprint density at radius 3 is 2.53 bits per heavy atom. The second kappa shape index (κ2) is 8.56. The van der Waals surface area contributed by atoms with Crippen LogP contribution in [0.2, 0.25) is 0 Å². The molecule has 2 aliphatic heterocycles. The minimum absolute atomic E-state index is 0.0227. The molecule has 1 saturated carbocycles. The Kier molecular flexibility index (Phi) is 5.75. The molecule has 3 aliphatic rings. The fraction of sp³-hybridized carbons (Fsp3) is 0.458. The molecule has 1 aliphatic carbocycles. The number of hydrazone groups is 1. The summed E-state index contributed by atoms with van der Waals surface area (Å²) in [7, 11) is 0. The van der Waals surface area contributed by atoms with E-state index >= 15 is 0 Å². The lowest BCUT2D eigenvalue weighted by molar-refractivity contribution is -0.126. The Bertz CT molecular complexity index is 1280. The van der Waals surface area contributed by atoms with E-state index in [2.05, 4.69) is 29.1 Å². The highest BCUT2D eigenvalue weighted by Gasteiger charge is 2.35. The lowest BCUT2D eigenvalue weighted by Gasteiger charge is -2.27. The number of nitrogens with zero attached hydrogens (tertiary/aromatic N) is 4. The fourth-order valence-electron chi connectivity index (χ4n) is 4.88. The van der Waals surface area contributed by atoms with E-state index in [-0.39, 0.29) is 17.5 Å². The topological polar surface area (TPSA) is 57.9 Å². The van der Waals surface area contributed by atoms with Crippen molar-refractivity contribution in [1.29, 1.82) is 0 Å². The van der Waals surface area contributed by atoms with E-state index in [1.54, 1.807) is 21.3 Å². The standard InChI is InChI=1S/C24H28N4O2S2/c1-4-26-17-13-9-10-14-18(17)31-24(26)20-22(30)27(5-2)23(32-20)19-15(3)25-28(21(19)29)16-11-7-6-8-12-16/h9-10,13-14,16H,4-8,11-12H2,1-3H3/b23-19+,24-20-. The van der Waals surface area contributed by atoms with Gasteiger partial charge in [0, 0.05) is 18.0 Å². The lowest BCUT2D eigenvalue weighted by Crippen LogP contribution is -2.38. The van der Waals surface area contributed by atoms with Crippen LogP contribution in [0.1, 0.15) is 52.9 Å². The quantitative estimate of drug-likeness (QED) is 0.693. The van der Waals surface area contributed by atoms with Gasteiger partial charge < -0.3 is 4.90 Å². The zero-order valence-electron chi connectivity index (χ0n) is 18.8. The monoisotopic (exact) mass is 468 g/mol. The van der Waals surface area contributed by atoms with Gasteiger partial charge in [-0.2, -0.15) is 5.10 Å². The van der Waals surface area contributed by atoms with Crippen molar-refractivity contribution >= 4 is 51.0 Å². The maximum atomic E-state index is 13.5. The molecule has 0 N–H and O–H groups in total. The molecule has 0 unspecified atom stereocenters. The Morgan fingerprint density at radius 1 is 1.06 bits per heavy atom. The van der Waals surface area contributed by atoms with Crippen molar-refractivity contribution in [2.24, 2.45) is 5.10 Å². The number of fused-ring (bicyclic) bond motifs is 1. The van der Waals surface area contributed by atoms with E-state index < -0.39 is 0 Å². The summed E-state index contributed by atoms with van der Waals surface area (Å²) in [6.45, 7) is 7.26. The van der Waals surface area contributed by atoms with Crippen LogP contribution in [0, 0.1) is 0 Å². The van der Waals surface area contributed by atoms with Gasteiger partial charge in [-0.25, -0.2) is 5.01 Å². The molecule has 0 saturated heterocycles. The molecule has 0 spiro atoms. The summed E-state index contributed by atoms with van der Waals surface area (Å²) < 4.78 is 3.19. The molecule has 1 amide bonds. The molecule has 1 fully saturated rings. The van der Waals surface area contributed by atoms with E-state index in [0.29, 0.717) is 16.7 Å². The number of carbonyl (C=O) groups excluding carboxylic acids is 1. The average molecular weight is 469 g/mol. The van der Waals surface area contributed by atoms with Crippen molar-refractivity contribution in [1.82, 2.24) is 9.58 Å². The third-order valence-corrected chi connectivity index (χ3v) is 9.00. The van der Waals surface area contributed by atoms with Crippen molar-refractivity contribution in [3.8, 4) is 0 Å². The first-order chi connectivity index (χ1) is 15.5. The molecule has 0 radical (unpaired) electrons. The summed E-state index contributed by atoms with van der Waals surface area (Å²) in [5.74, 6) is -0.0518. The molecule has 8 heteroatoms. The Morgan fingerprint density at radius 2 is 1.81 bits per heavy atom. The Labute approximate surface area is 195 Å². The molecule has 2 aromatic rings. The highest BCUT2D eigenvalue weighted by atomic mass is 32.2. The summed E-state index contributed by atoms with van der Waals surface area (Å²) in [4.78, 5) is 30.3. The summed E-state index contributed by atoms with van der Waals surface area (Å²) in [5, 5.41) is 7.31. The fourth-order valence-corrected chi connectivity index (χ4v) is 7.54. The maximum Gasteiger partial charge on any atom is 0.279 e. The van der Waals surface area contributed by atoms with E-state index in [1.807, 2.05) is 26.0 Å². The third kappa shape index (κ3) is 3.35. The van der Waals surface area contributed by atoms with E-state index in [0.717, 1.165) is 58.2 Å². The minimum atomic E-state index is -0.0518. The van der Waals surface area contributed by atoms with Crippen LogP contribution in [0.25, 0.3) is 10.6 Å². The Balaban J connectivity index is 1.68. The molecular weight excluding hydrogens is 440 g/mol. The molecule has 5 rings (SSSR count). The van der Waals surface area contributed by atoms with E-state index in [4.69, 9.17) is 0 Å². The molecule has 3 heterocycles. The number of anilines is 1. The van der Waals surface area contributed by atoms with Gasteiger partial charge in [0.2, 0.25) is 0 Å². The van der Waals surface area contributed by atoms with Crippen LogP contribution in [0.4, 0.5) is 5.69 Å². The summed E-state index contributed by atoms with van der Waals surface area (Å²) in [6, 6.07) is 8.42. The smallest absolute Gasteiger partial charge is 0.279 e. The van der Waals surface area contributed by atoms with Crippen LogP contribution < -0.4 is 19.7 Å². The SMILES string of the molecule is CCN1/C(=c2/s/c(=C3/C(=O)N(C4CCCCC4)N=C3C)n(CC)c2=O)Sc2ccccc21. The molecule has 32 heavy (non-hydrogen) atoms. The van der Waals surface area contributed by atoms with Crippen molar-refractivity contribution in [2.75, 3.05) is 11.4 Å². The van der Waals surface area contributed by atoms with Crippen LogP contribution in [-0.2, 0) is 11.3 Å². The second-order valence-corrected chi connectivity index (χ2v) is 10.4. The number of rotatable bonds is 3. The first kappa shape index (κ1) is 21.5. The van der Waals surface area contributed by atoms with Gasteiger partial charge in [0.1, 0.15) is 14.2 Å². The van der Waals surface area contributed by atoms with Crippen molar-refractivity contribution in [3.05, 3.63) is 43.8 Å². The lowest BCUT2D eigenvalue weighted by atomic mass is 9.95. The van der Waals surface area contributed by atoms with Gasteiger partial charge in [-0.3, -0.25) is 14.2 Å². The molecule has 168 valence electrons. The number of carbonyl (C=O) groups is 1. The van der Waals surface area contributed by atoms with Crippen LogP contribution in [-0.4, -0.2) is 33.8 Å². The van der Waals surface area contributed by atoms with Crippen LogP contribution in [0.15, 0.2) is 39.1 Å². The number of hydrogen-bond donors (Lipinski definition) is 0. The van der Waals surface area contributed by atoms with E-state index in [9.17, 15) is 9.59 Å². The minimum Gasteiger partial charge on any atom is -0.334 e. The average Bonchev–Trinajstić information content (AvgIpc) is 3.44. The molecule has 0 atom stereocenters. The second-order valence-electron chi connectivity index (χ2n) is 8.41. The van der Waals surface area contributed by atoms with Gasteiger partial charge in [-0.05, 0) is 45.7 Å². The molecular formula is C24H28N4O2S2. The molecule has 0 bridgehead atoms. The van der Waals surface area contributed by atoms with Gasteiger partial charge in [-0.1, -0.05) is 43.2 Å². The van der Waals surface area contributed by atoms with Gasteiger partial charge >= 0.3 is 0 Å². The van der Waals surface area contributed by atoms with Crippen LogP contribution in [0.5, 0.6) is 0 Å². The summed E-state index contributed by atoms with van der Waals surface area (Å²) in [5.41, 5.74) is 2.42. The molecule has 1 aromatic heterocycles. The summed E-state index contributed by atoms with van der Waals surface area (Å²) >= 11 is 3.08. The maximum absolute atomic E-state index is 13.5. The van der Waals surface area contributed by atoms with Gasteiger partial charge in [0.05, 0.1) is 23.0 Å². The first-order valence-electron chi connectivity index (χ1n) is 11.5. The summed E-state index contributed by atoms with van der Waals surface area (Å²) in [6.07, 6.45) is 5.52. The highest BCUT2D eigenvalue weighted by Crippen LogP contribution is 2.45. The van der Waals surface area contributed by atoms with Crippen molar-refractivity contribution in [2.45, 2.75) is 70.4 Å². The number of benzene rings is 1. The van der Waals surface area contributed by atoms with Crippen LogP contribution >= 0.6 is 23.1 Å². The first-order valence-corrected chi connectivity index (χ1v) is 13.1. The molecule has 1 aromatic carbocycles. The Hall–Kier alpha value is -2.32. The number of thiazole rings is 1. The number of thioether (sulfide) groups is 1. The van der Waals surface area contributed by atoms with Crippen molar-refractivity contribution in [3.63, 3.8) is 0 Å². The van der Waals surface area contributed by atoms with Gasteiger partial charge in [0.15, 0.2) is 0 Å². The largest absolute Gasteiger partial charge is 0.334 e. The normalized spacial score (nSPS) is 22.6. The predicted molar refractivity (Wildman–Crippen MR) is 132 cm³/mol. The van der Waals surface area contributed by atoms with Gasteiger partial charge in [-0.15, -0.1) is 11.3 Å². The predicted octanol–water partition coefficient (Wildman–Crippen LogP) is 3.33. The van der Waals surface area contributed by atoms with Gasteiger partial charge in [0.25, 0.3) is 11.5 Å². The number of para-hydroxylation sites is 1. The molecule has 6 nitrogen and oxygen atoms in total. The van der Waals surface area contributed by atoms with Crippen molar-refractivity contribution < 1.29 is 4.79 Å². The van der Waals surface area contributed by atoms with Crippen LogP contribution in [0.3, 0.4) is 0 Å². The number of aromatic nitrogens is 1. The highest BCUT2D eigenvalue weighted by molar-refractivity contribution is 8.08. The van der Waals surface area contributed by atoms with E-state index in [1.165, 1.54) is 17.8 Å². The zero-order valence-corrected chi connectivity index (χ0v) is 20.4.